The van der Waals surface area contributed by atoms with Gasteiger partial charge in [-0.2, -0.15) is 0 Å². The van der Waals surface area contributed by atoms with E-state index in [1.54, 1.807) is 6.92 Å². The Morgan fingerprint density at radius 3 is 2.67 bits per heavy atom. The van der Waals surface area contributed by atoms with Crippen LogP contribution in [0.3, 0.4) is 0 Å². The van der Waals surface area contributed by atoms with Gasteiger partial charge in [0.1, 0.15) is 5.76 Å². The van der Waals surface area contributed by atoms with E-state index in [0.29, 0.717) is 11.3 Å². The molecule has 0 aliphatic carbocycles. The van der Waals surface area contributed by atoms with Crippen LogP contribution in [0.5, 0.6) is 0 Å². The smallest absolute Gasteiger partial charge is 0.250 e. The third kappa shape index (κ3) is 1.18. The van der Waals surface area contributed by atoms with Crippen molar-refractivity contribution >= 4 is 5.91 Å². The SMILES string of the molecule is CCC1(C)NOC(C)=C1C(N)=O. The number of carbonyl (C=O) groups excluding carboxylic acids is 1. The van der Waals surface area contributed by atoms with Crippen LogP contribution in [0.1, 0.15) is 27.2 Å². The highest BCUT2D eigenvalue weighted by Crippen LogP contribution is 2.29. The van der Waals surface area contributed by atoms with Crippen molar-refractivity contribution in [1.29, 1.82) is 0 Å². The molecular weight excluding hydrogens is 156 g/mol. The van der Waals surface area contributed by atoms with E-state index >= 15 is 0 Å². The van der Waals surface area contributed by atoms with E-state index in [1.807, 2.05) is 13.8 Å². The molecule has 0 saturated carbocycles. The Hall–Kier alpha value is -1.03. The molecule has 0 aromatic heterocycles. The fraction of sp³-hybridized carbons (Fsp3) is 0.625. The van der Waals surface area contributed by atoms with Gasteiger partial charge in [-0.25, -0.2) is 0 Å². The maximum absolute atomic E-state index is 11.0. The molecular formula is C8H14N2O2. The largest absolute Gasteiger partial charge is 0.412 e. The van der Waals surface area contributed by atoms with Crippen LogP contribution in [0.2, 0.25) is 0 Å². The Bertz CT molecular complexity index is 247. The van der Waals surface area contributed by atoms with Gasteiger partial charge in [0, 0.05) is 0 Å². The van der Waals surface area contributed by atoms with Crippen molar-refractivity contribution in [2.45, 2.75) is 32.7 Å². The normalized spacial score (nSPS) is 28.9. The first kappa shape index (κ1) is 9.06. The molecule has 0 aromatic carbocycles. The third-order valence-electron chi connectivity index (χ3n) is 2.29. The molecule has 1 unspecified atom stereocenters. The lowest BCUT2D eigenvalue weighted by atomic mass is 9.89. The standard InChI is InChI=1S/C8H14N2O2/c1-4-8(3)6(7(9)11)5(2)12-10-8/h10H,4H2,1-3H3,(H2,9,11). The molecule has 0 bridgehead atoms. The number of hydroxylamine groups is 1. The first-order valence-electron chi connectivity index (χ1n) is 3.96. The minimum absolute atomic E-state index is 0.415. The van der Waals surface area contributed by atoms with Crippen molar-refractivity contribution in [2.24, 2.45) is 5.73 Å². The highest BCUT2D eigenvalue weighted by Gasteiger charge is 2.38. The molecule has 1 aliphatic rings. The lowest BCUT2D eigenvalue weighted by Gasteiger charge is -2.21. The van der Waals surface area contributed by atoms with Gasteiger partial charge in [-0.1, -0.05) is 6.92 Å². The molecule has 0 aromatic rings. The minimum atomic E-state index is -0.421. The van der Waals surface area contributed by atoms with Gasteiger partial charge in [0.2, 0.25) is 5.91 Å². The van der Waals surface area contributed by atoms with Gasteiger partial charge in [-0.3, -0.25) is 4.79 Å². The summed E-state index contributed by atoms with van der Waals surface area (Å²) in [7, 11) is 0. The van der Waals surface area contributed by atoms with Crippen LogP contribution in [0.15, 0.2) is 11.3 Å². The zero-order valence-electron chi connectivity index (χ0n) is 7.60. The van der Waals surface area contributed by atoms with Gasteiger partial charge in [0.15, 0.2) is 0 Å². The monoisotopic (exact) mass is 170 g/mol. The van der Waals surface area contributed by atoms with E-state index in [9.17, 15) is 4.79 Å². The van der Waals surface area contributed by atoms with Gasteiger partial charge in [0.05, 0.1) is 11.1 Å². The zero-order valence-corrected chi connectivity index (χ0v) is 7.60. The molecule has 0 spiro atoms. The fourth-order valence-corrected chi connectivity index (χ4v) is 1.37. The summed E-state index contributed by atoms with van der Waals surface area (Å²) in [5, 5.41) is 0. The van der Waals surface area contributed by atoms with Crippen molar-refractivity contribution in [3.05, 3.63) is 11.3 Å². The second kappa shape index (κ2) is 2.79. The second-order valence-electron chi connectivity index (χ2n) is 3.19. The van der Waals surface area contributed by atoms with E-state index in [-0.39, 0.29) is 0 Å². The molecule has 0 fully saturated rings. The van der Waals surface area contributed by atoms with Crippen LogP contribution in [-0.2, 0) is 9.63 Å². The van der Waals surface area contributed by atoms with Crippen molar-refractivity contribution in [3.63, 3.8) is 0 Å². The van der Waals surface area contributed by atoms with Crippen molar-refractivity contribution in [2.75, 3.05) is 0 Å². The first-order chi connectivity index (χ1) is 5.51. The van der Waals surface area contributed by atoms with Crippen molar-refractivity contribution in [1.82, 2.24) is 5.48 Å². The number of hydrogen-bond acceptors (Lipinski definition) is 3. The van der Waals surface area contributed by atoms with E-state index in [1.165, 1.54) is 0 Å². The molecule has 1 aliphatic heterocycles. The average molecular weight is 170 g/mol. The molecule has 4 nitrogen and oxygen atoms in total. The summed E-state index contributed by atoms with van der Waals surface area (Å²) in [6.07, 6.45) is 0.766. The van der Waals surface area contributed by atoms with Gasteiger partial charge in [-0.15, -0.1) is 5.48 Å². The topological polar surface area (TPSA) is 64.3 Å². The first-order valence-corrected chi connectivity index (χ1v) is 3.96. The molecule has 3 N–H and O–H groups in total. The number of primary amides is 1. The number of amides is 1. The summed E-state index contributed by atoms with van der Waals surface area (Å²) in [6.45, 7) is 5.59. The molecule has 1 atom stereocenters. The molecule has 68 valence electrons. The van der Waals surface area contributed by atoms with Crippen LogP contribution >= 0.6 is 0 Å². The lowest BCUT2D eigenvalue weighted by Crippen LogP contribution is -2.41. The molecule has 1 rings (SSSR count). The highest BCUT2D eigenvalue weighted by atomic mass is 16.7. The molecule has 1 amide bonds. The van der Waals surface area contributed by atoms with Gasteiger partial charge < -0.3 is 10.6 Å². The number of allylic oxidation sites excluding steroid dienone is 1. The van der Waals surface area contributed by atoms with E-state index in [0.717, 1.165) is 6.42 Å². The number of hydrogen-bond donors (Lipinski definition) is 2. The molecule has 1 heterocycles. The third-order valence-corrected chi connectivity index (χ3v) is 2.29. The number of carbonyl (C=O) groups is 1. The fourth-order valence-electron chi connectivity index (χ4n) is 1.37. The molecule has 4 heteroatoms. The number of nitrogens with two attached hydrogens (primary N) is 1. The Balaban J connectivity index is 3.04. The highest BCUT2D eigenvalue weighted by molar-refractivity contribution is 5.95. The summed E-state index contributed by atoms with van der Waals surface area (Å²) in [6, 6.07) is 0. The van der Waals surface area contributed by atoms with Gasteiger partial charge >= 0.3 is 0 Å². The summed E-state index contributed by atoms with van der Waals surface area (Å²) in [5.74, 6) is 0.161. The van der Waals surface area contributed by atoms with E-state index in [4.69, 9.17) is 10.6 Å². The second-order valence-corrected chi connectivity index (χ2v) is 3.19. The predicted molar refractivity (Wildman–Crippen MR) is 44.8 cm³/mol. The van der Waals surface area contributed by atoms with Gasteiger partial charge in [0.25, 0.3) is 0 Å². The molecule has 0 saturated heterocycles. The van der Waals surface area contributed by atoms with Crippen LogP contribution < -0.4 is 11.2 Å². The van der Waals surface area contributed by atoms with Crippen molar-refractivity contribution < 1.29 is 9.63 Å². The van der Waals surface area contributed by atoms with Crippen LogP contribution in [0.4, 0.5) is 0 Å². The summed E-state index contributed by atoms with van der Waals surface area (Å²) in [5.41, 5.74) is 8.14. The molecule has 0 radical (unpaired) electrons. The molecule has 12 heavy (non-hydrogen) atoms. The maximum atomic E-state index is 11.0. The van der Waals surface area contributed by atoms with Crippen molar-refractivity contribution in [3.8, 4) is 0 Å². The quantitative estimate of drug-likeness (QED) is 0.632. The Morgan fingerprint density at radius 1 is 1.75 bits per heavy atom. The Kier molecular flexibility index (Phi) is 2.10. The van der Waals surface area contributed by atoms with E-state index < -0.39 is 11.4 Å². The maximum Gasteiger partial charge on any atom is 0.250 e. The van der Waals surface area contributed by atoms with Crippen LogP contribution in [0, 0.1) is 0 Å². The average Bonchev–Trinajstić information content (AvgIpc) is 2.28. The van der Waals surface area contributed by atoms with Gasteiger partial charge in [-0.05, 0) is 20.3 Å². The Morgan fingerprint density at radius 2 is 2.33 bits per heavy atom. The van der Waals surface area contributed by atoms with Crippen LogP contribution in [0.25, 0.3) is 0 Å². The van der Waals surface area contributed by atoms with Crippen LogP contribution in [-0.4, -0.2) is 11.4 Å². The number of nitrogens with one attached hydrogen (secondary N) is 1. The number of rotatable bonds is 2. The minimum Gasteiger partial charge on any atom is -0.412 e. The predicted octanol–water partition coefficient (Wildman–Crippen LogP) is 0.449. The lowest BCUT2D eigenvalue weighted by molar-refractivity contribution is -0.115. The zero-order chi connectivity index (χ0) is 9.35. The van der Waals surface area contributed by atoms with E-state index in [2.05, 4.69) is 5.48 Å². The summed E-state index contributed by atoms with van der Waals surface area (Å²) >= 11 is 0. The summed E-state index contributed by atoms with van der Waals surface area (Å²) in [4.78, 5) is 16.1. The summed E-state index contributed by atoms with van der Waals surface area (Å²) < 4.78 is 0. The Labute approximate surface area is 71.7 Å².